The number of hydrogen-bond acceptors (Lipinski definition) is 2. The van der Waals surface area contributed by atoms with Crippen molar-refractivity contribution in [1.82, 2.24) is 9.97 Å². The SMILES string of the molecule is Fc1ccc(-c2nc(Cl)cc(-c3ccccc3)n2)cc1Br. The second-order valence-electron chi connectivity index (χ2n) is 4.39. The summed E-state index contributed by atoms with van der Waals surface area (Å²) in [5, 5.41) is 0.347. The fourth-order valence-corrected chi connectivity index (χ4v) is 2.50. The maximum absolute atomic E-state index is 13.3. The standard InChI is InChI=1S/C16H9BrClFN2/c17-12-8-11(6-7-13(12)19)16-20-14(9-15(18)21-16)10-4-2-1-3-5-10/h1-9H. The highest BCUT2D eigenvalue weighted by atomic mass is 79.9. The van der Waals surface area contributed by atoms with Crippen molar-refractivity contribution >= 4 is 27.5 Å². The van der Waals surface area contributed by atoms with Gasteiger partial charge < -0.3 is 0 Å². The lowest BCUT2D eigenvalue weighted by molar-refractivity contribution is 0.621. The van der Waals surface area contributed by atoms with Crippen LogP contribution in [0.3, 0.4) is 0 Å². The summed E-state index contributed by atoms with van der Waals surface area (Å²) in [7, 11) is 0. The Balaban J connectivity index is 2.11. The van der Waals surface area contributed by atoms with E-state index < -0.39 is 0 Å². The molecule has 0 N–H and O–H groups in total. The van der Waals surface area contributed by atoms with Crippen LogP contribution in [0, 0.1) is 5.82 Å². The molecule has 0 radical (unpaired) electrons. The number of nitrogens with zero attached hydrogens (tertiary/aromatic N) is 2. The third kappa shape index (κ3) is 3.12. The molecule has 1 heterocycles. The summed E-state index contributed by atoms with van der Waals surface area (Å²) < 4.78 is 13.7. The number of benzene rings is 2. The molecule has 21 heavy (non-hydrogen) atoms. The molecule has 1 aromatic heterocycles. The van der Waals surface area contributed by atoms with E-state index in [4.69, 9.17) is 11.6 Å². The maximum atomic E-state index is 13.3. The van der Waals surface area contributed by atoms with Gasteiger partial charge in [-0.05, 0) is 34.1 Å². The van der Waals surface area contributed by atoms with Gasteiger partial charge in [0.15, 0.2) is 5.82 Å². The molecule has 5 heteroatoms. The van der Waals surface area contributed by atoms with Gasteiger partial charge in [-0.3, -0.25) is 0 Å². The lowest BCUT2D eigenvalue weighted by atomic mass is 10.1. The summed E-state index contributed by atoms with van der Waals surface area (Å²) >= 11 is 9.25. The lowest BCUT2D eigenvalue weighted by Gasteiger charge is -2.06. The number of aromatic nitrogens is 2. The van der Waals surface area contributed by atoms with Gasteiger partial charge in [-0.2, -0.15) is 0 Å². The van der Waals surface area contributed by atoms with Crippen LogP contribution >= 0.6 is 27.5 Å². The zero-order valence-electron chi connectivity index (χ0n) is 10.7. The zero-order valence-corrected chi connectivity index (χ0v) is 13.1. The molecule has 0 saturated carbocycles. The molecule has 0 bridgehead atoms. The Labute approximate surface area is 134 Å². The van der Waals surface area contributed by atoms with Gasteiger partial charge >= 0.3 is 0 Å². The molecule has 2 nitrogen and oxygen atoms in total. The average Bonchev–Trinajstić information content (AvgIpc) is 2.50. The van der Waals surface area contributed by atoms with Gasteiger partial charge in [0.25, 0.3) is 0 Å². The zero-order chi connectivity index (χ0) is 14.8. The molecular weight excluding hydrogens is 355 g/mol. The minimum atomic E-state index is -0.330. The third-order valence-corrected chi connectivity index (χ3v) is 3.74. The first-order valence-electron chi connectivity index (χ1n) is 6.19. The van der Waals surface area contributed by atoms with Gasteiger partial charge in [0.05, 0.1) is 10.2 Å². The lowest BCUT2D eigenvalue weighted by Crippen LogP contribution is -1.93. The van der Waals surface area contributed by atoms with E-state index in [1.54, 1.807) is 18.2 Å². The largest absolute Gasteiger partial charge is 0.228 e. The van der Waals surface area contributed by atoms with Crippen molar-refractivity contribution in [2.75, 3.05) is 0 Å². The van der Waals surface area contributed by atoms with Gasteiger partial charge in [0.1, 0.15) is 11.0 Å². The number of halogens is 3. The molecular formula is C16H9BrClFN2. The molecule has 0 unspecified atom stereocenters. The first-order chi connectivity index (χ1) is 10.1. The number of rotatable bonds is 2. The van der Waals surface area contributed by atoms with Crippen LogP contribution in [0.2, 0.25) is 5.15 Å². The first-order valence-corrected chi connectivity index (χ1v) is 7.36. The maximum Gasteiger partial charge on any atom is 0.161 e. The van der Waals surface area contributed by atoms with Crippen molar-refractivity contribution in [3.8, 4) is 22.6 Å². The monoisotopic (exact) mass is 362 g/mol. The Bertz CT molecular complexity index is 794. The first kappa shape index (κ1) is 14.2. The Morgan fingerprint density at radius 1 is 0.905 bits per heavy atom. The van der Waals surface area contributed by atoms with Crippen LogP contribution in [-0.2, 0) is 0 Å². The Morgan fingerprint density at radius 2 is 1.67 bits per heavy atom. The Kier molecular flexibility index (Phi) is 3.99. The topological polar surface area (TPSA) is 25.8 Å². The molecule has 0 atom stereocenters. The smallest absolute Gasteiger partial charge is 0.161 e. The van der Waals surface area contributed by atoms with Crippen LogP contribution < -0.4 is 0 Å². The predicted octanol–water partition coefficient (Wildman–Crippen LogP) is 5.37. The molecule has 3 aromatic rings. The molecule has 0 aliphatic heterocycles. The van der Waals surface area contributed by atoms with Gasteiger partial charge in [0, 0.05) is 17.2 Å². The van der Waals surface area contributed by atoms with E-state index in [0.29, 0.717) is 21.0 Å². The van der Waals surface area contributed by atoms with Crippen LogP contribution in [0.5, 0.6) is 0 Å². The minimum absolute atomic E-state index is 0.330. The Morgan fingerprint density at radius 3 is 2.38 bits per heavy atom. The van der Waals surface area contributed by atoms with Crippen LogP contribution in [0.4, 0.5) is 4.39 Å². The van der Waals surface area contributed by atoms with E-state index in [9.17, 15) is 4.39 Å². The average molecular weight is 364 g/mol. The van der Waals surface area contributed by atoms with Crippen molar-refractivity contribution in [3.05, 3.63) is 70.0 Å². The van der Waals surface area contributed by atoms with E-state index >= 15 is 0 Å². The van der Waals surface area contributed by atoms with Crippen molar-refractivity contribution in [1.29, 1.82) is 0 Å². The van der Waals surface area contributed by atoms with Crippen LogP contribution in [0.25, 0.3) is 22.6 Å². The second kappa shape index (κ2) is 5.92. The summed E-state index contributed by atoms with van der Waals surface area (Å²) in [6.07, 6.45) is 0. The van der Waals surface area contributed by atoms with Crippen molar-refractivity contribution in [2.45, 2.75) is 0 Å². The fourth-order valence-electron chi connectivity index (χ4n) is 1.94. The van der Waals surface area contributed by atoms with E-state index in [-0.39, 0.29) is 5.82 Å². The molecule has 0 aliphatic carbocycles. The molecule has 3 rings (SSSR count). The summed E-state index contributed by atoms with van der Waals surface area (Å²) in [4.78, 5) is 8.72. The van der Waals surface area contributed by atoms with Crippen molar-refractivity contribution < 1.29 is 4.39 Å². The fraction of sp³-hybridized carbons (Fsp3) is 0. The van der Waals surface area contributed by atoms with Gasteiger partial charge in [-0.1, -0.05) is 41.9 Å². The minimum Gasteiger partial charge on any atom is -0.228 e. The predicted molar refractivity (Wildman–Crippen MR) is 85.6 cm³/mol. The molecule has 0 spiro atoms. The van der Waals surface area contributed by atoms with Gasteiger partial charge in [0.2, 0.25) is 0 Å². The summed E-state index contributed by atoms with van der Waals surface area (Å²) in [5.74, 6) is 0.131. The summed E-state index contributed by atoms with van der Waals surface area (Å²) in [5.41, 5.74) is 2.37. The van der Waals surface area contributed by atoms with E-state index in [1.165, 1.54) is 6.07 Å². The molecule has 0 amide bonds. The highest BCUT2D eigenvalue weighted by Gasteiger charge is 2.09. The third-order valence-electron chi connectivity index (χ3n) is 2.94. The van der Waals surface area contributed by atoms with Crippen molar-refractivity contribution in [3.63, 3.8) is 0 Å². The van der Waals surface area contributed by atoms with Gasteiger partial charge in [-0.15, -0.1) is 0 Å². The van der Waals surface area contributed by atoms with E-state index in [2.05, 4.69) is 25.9 Å². The molecule has 0 aliphatic rings. The highest BCUT2D eigenvalue weighted by Crippen LogP contribution is 2.27. The van der Waals surface area contributed by atoms with E-state index in [1.807, 2.05) is 30.3 Å². The summed E-state index contributed by atoms with van der Waals surface area (Å²) in [6.45, 7) is 0. The summed E-state index contributed by atoms with van der Waals surface area (Å²) in [6, 6.07) is 16.0. The van der Waals surface area contributed by atoms with Crippen LogP contribution in [0.15, 0.2) is 59.1 Å². The van der Waals surface area contributed by atoms with Crippen molar-refractivity contribution in [2.24, 2.45) is 0 Å². The Hall–Kier alpha value is -1.78. The molecule has 2 aromatic carbocycles. The second-order valence-corrected chi connectivity index (χ2v) is 5.64. The van der Waals surface area contributed by atoms with E-state index in [0.717, 1.165) is 11.3 Å². The highest BCUT2D eigenvalue weighted by molar-refractivity contribution is 9.10. The molecule has 104 valence electrons. The quantitative estimate of drug-likeness (QED) is 0.572. The molecule has 0 fully saturated rings. The van der Waals surface area contributed by atoms with Crippen LogP contribution in [-0.4, -0.2) is 9.97 Å². The van der Waals surface area contributed by atoms with Gasteiger partial charge in [-0.25, -0.2) is 14.4 Å². The number of hydrogen-bond donors (Lipinski definition) is 0. The van der Waals surface area contributed by atoms with Crippen LogP contribution in [0.1, 0.15) is 0 Å². The normalized spacial score (nSPS) is 10.6. The molecule has 0 saturated heterocycles.